The molecular weight excluding hydrogens is 254 g/mol. The first-order valence-corrected chi connectivity index (χ1v) is 6.25. The molecule has 82 valence electrons. The van der Waals surface area contributed by atoms with Gasteiger partial charge in [0, 0.05) is 12.1 Å². The average molecular weight is 270 g/mol. The number of phenols is 1. The molecule has 0 spiro atoms. The number of hydrogen-bond acceptors (Lipinski definition) is 2. The van der Waals surface area contributed by atoms with Crippen molar-refractivity contribution in [3.05, 3.63) is 28.2 Å². The van der Waals surface area contributed by atoms with Gasteiger partial charge >= 0.3 is 0 Å². The predicted octanol–water partition coefficient (Wildman–Crippen LogP) is 3.14. The summed E-state index contributed by atoms with van der Waals surface area (Å²) in [5.74, 6) is 0.392. The third-order valence-electron chi connectivity index (χ3n) is 2.91. The number of benzene rings is 1. The van der Waals surface area contributed by atoms with Crippen molar-refractivity contribution < 1.29 is 5.11 Å². The average Bonchev–Trinajstić information content (AvgIpc) is 2.26. The third kappa shape index (κ3) is 2.73. The summed E-state index contributed by atoms with van der Waals surface area (Å²) in [4.78, 5) is 2.41. The molecule has 1 saturated heterocycles. The van der Waals surface area contributed by atoms with E-state index in [1.165, 1.54) is 19.3 Å². The molecule has 1 aromatic carbocycles. The highest BCUT2D eigenvalue weighted by molar-refractivity contribution is 9.10. The number of halogens is 1. The number of piperidine rings is 1. The van der Waals surface area contributed by atoms with Gasteiger partial charge in [0.15, 0.2) is 0 Å². The molecule has 0 aromatic heterocycles. The number of likely N-dealkylation sites (tertiary alicyclic amines) is 1. The second-order valence-corrected chi connectivity index (χ2v) is 4.94. The van der Waals surface area contributed by atoms with Gasteiger partial charge in [-0.1, -0.05) is 18.6 Å². The van der Waals surface area contributed by atoms with Gasteiger partial charge in [0.05, 0.1) is 4.47 Å². The van der Waals surface area contributed by atoms with Crippen LogP contribution in [0.5, 0.6) is 5.75 Å². The van der Waals surface area contributed by atoms with Crippen LogP contribution in [0.3, 0.4) is 0 Å². The van der Waals surface area contributed by atoms with Crippen LogP contribution < -0.4 is 0 Å². The van der Waals surface area contributed by atoms with E-state index >= 15 is 0 Å². The fraction of sp³-hybridized carbons (Fsp3) is 0.500. The molecule has 0 aliphatic carbocycles. The van der Waals surface area contributed by atoms with Crippen molar-refractivity contribution in [1.82, 2.24) is 4.90 Å². The molecule has 2 nitrogen and oxygen atoms in total. The zero-order chi connectivity index (χ0) is 10.7. The predicted molar refractivity (Wildman–Crippen MR) is 64.9 cm³/mol. The van der Waals surface area contributed by atoms with Gasteiger partial charge in [0.2, 0.25) is 0 Å². The van der Waals surface area contributed by atoms with Gasteiger partial charge in [-0.2, -0.15) is 0 Å². The molecule has 0 saturated carbocycles. The minimum Gasteiger partial charge on any atom is -0.506 e. The summed E-state index contributed by atoms with van der Waals surface area (Å²) in [5.41, 5.74) is 1.02. The molecule has 0 radical (unpaired) electrons. The zero-order valence-electron chi connectivity index (χ0n) is 8.75. The van der Waals surface area contributed by atoms with Crippen molar-refractivity contribution in [3.8, 4) is 5.75 Å². The fourth-order valence-electron chi connectivity index (χ4n) is 2.05. The lowest BCUT2D eigenvalue weighted by Gasteiger charge is -2.26. The molecule has 0 amide bonds. The third-order valence-corrected chi connectivity index (χ3v) is 3.55. The number of aromatic hydroxyl groups is 1. The number of phenolic OH excluding ortho intramolecular Hbond substituents is 1. The van der Waals surface area contributed by atoms with E-state index < -0.39 is 0 Å². The van der Waals surface area contributed by atoms with Gasteiger partial charge in [0.1, 0.15) is 5.75 Å². The molecule has 3 heteroatoms. The minimum atomic E-state index is 0.392. The number of hydrogen-bond donors (Lipinski definition) is 1. The van der Waals surface area contributed by atoms with Crippen molar-refractivity contribution in [3.63, 3.8) is 0 Å². The summed E-state index contributed by atoms with van der Waals surface area (Å²) in [6, 6.07) is 5.84. The Hall–Kier alpha value is -0.540. The van der Waals surface area contributed by atoms with E-state index in [4.69, 9.17) is 0 Å². The van der Waals surface area contributed by atoms with E-state index in [2.05, 4.69) is 20.8 Å². The van der Waals surface area contributed by atoms with Gasteiger partial charge < -0.3 is 5.11 Å². The maximum atomic E-state index is 9.85. The van der Waals surface area contributed by atoms with Crippen molar-refractivity contribution in [2.75, 3.05) is 13.1 Å². The highest BCUT2D eigenvalue weighted by atomic mass is 79.9. The van der Waals surface area contributed by atoms with Gasteiger partial charge in [-0.05, 0) is 47.9 Å². The molecule has 1 aliphatic heterocycles. The maximum Gasteiger partial charge on any atom is 0.134 e. The van der Waals surface area contributed by atoms with Crippen molar-refractivity contribution in [2.45, 2.75) is 25.8 Å². The molecule has 1 aliphatic rings. The number of rotatable bonds is 2. The molecule has 0 bridgehead atoms. The zero-order valence-corrected chi connectivity index (χ0v) is 10.3. The molecule has 1 aromatic rings. The Kier molecular flexibility index (Phi) is 3.65. The van der Waals surface area contributed by atoms with Crippen LogP contribution in [0.25, 0.3) is 0 Å². The highest BCUT2D eigenvalue weighted by Gasteiger charge is 2.13. The summed E-state index contributed by atoms with van der Waals surface area (Å²) < 4.78 is 0.789. The summed E-state index contributed by atoms with van der Waals surface area (Å²) in [5, 5.41) is 9.85. The minimum absolute atomic E-state index is 0.392. The van der Waals surface area contributed by atoms with E-state index in [9.17, 15) is 5.11 Å². The van der Waals surface area contributed by atoms with E-state index in [1.807, 2.05) is 18.2 Å². The molecule has 0 unspecified atom stereocenters. The van der Waals surface area contributed by atoms with Crippen LogP contribution in [0.4, 0.5) is 0 Å². The van der Waals surface area contributed by atoms with Gasteiger partial charge in [-0.3, -0.25) is 4.90 Å². The topological polar surface area (TPSA) is 23.5 Å². The second-order valence-electron chi connectivity index (χ2n) is 4.08. The second kappa shape index (κ2) is 4.99. The van der Waals surface area contributed by atoms with E-state index in [1.54, 1.807) is 0 Å². The number of para-hydroxylation sites is 1. The molecule has 2 rings (SSSR count). The first-order chi connectivity index (χ1) is 7.27. The molecule has 1 heterocycles. The standard InChI is InChI=1S/C12H16BrNO/c13-11-6-4-5-10(12(11)15)9-14-7-2-1-3-8-14/h4-6,15H,1-3,7-9H2. The van der Waals surface area contributed by atoms with E-state index in [0.717, 1.165) is 29.7 Å². The van der Waals surface area contributed by atoms with Crippen molar-refractivity contribution in [2.24, 2.45) is 0 Å². The van der Waals surface area contributed by atoms with E-state index in [0.29, 0.717) is 5.75 Å². The van der Waals surface area contributed by atoms with Crippen molar-refractivity contribution >= 4 is 15.9 Å². The van der Waals surface area contributed by atoms with Crippen LogP contribution in [-0.4, -0.2) is 23.1 Å². The Morgan fingerprint density at radius 3 is 2.67 bits per heavy atom. The monoisotopic (exact) mass is 269 g/mol. The molecule has 1 fully saturated rings. The van der Waals surface area contributed by atoms with E-state index in [-0.39, 0.29) is 0 Å². The van der Waals surface area contributed by atoms with Crippen LogP contribution in [0.2, 0.25) is 0 Å². The summed E-state index contributed by atoms with van der Waals surface area (Å²) in [7, 11) is 0. The summed E-state index contributed by atoms with van der Waals surface area (Å²) in [6.07, 6.45) is 3.92. The van der Waals surface area contributed by atoms with Crippen LogP contribution in [-0.2, 0) is 6.54 Å². The Morgan fingerprint density at radius 2 is 1.93 bits per heavy atom. The Balaban J connectivity index is 2.06. The highest BCUT2D eigenvalue weighted by Crippen LogP contribution is 2.28. The normalized spacial score (nSPS) is 17.9. The van der Waals surface area contributed by atoms with Gasteiger partial charge in [-0.15, -0.1) is 0 Å². The molecular formula is C12H16BrNO. The smallest absolute Gasteiger partial charge is 0.134 e. The van der Waals surface area contributed by atoms with Crippen LogP contribution in [0.1, 0.15) is 24.8 Å². The van der Waals surface area contributed by atoms with Crippen LogP contribution in [0.15, 0.2) is 22.7 Å². The maximum absolute atomic E-state index is 9.85. The van der Waals surface area contributed by atoms with Crippen LogP contribution >= 0.6 is 15.9 Å². The first kappa shape index (κ1) is 11.0. The van der Waals surface area contributed by atoms with Gasteiger partial charge in [0.25, 0.3) is 0 Å². The van der Waals surface area contributed by atoms with Gasteiger partial charge in [-0.25, -0.2) is 0 Å². The Morgan fingerprint density at radius 1 is 1.20 bits per heavy atom. The molecule has 1 N–H and O–H groups in total. The summed E-state index contributed by atoms with van der Waals surface area (Å²) >= 11 is 3.34. The van der Waals surface area contributed by atoms with Crippen molar-refractivity contribution in [1.29, 1.82) is 0 Å². The lowest BCUT2D eigenvalue weighted by atomic mass is 10.1. The number of nitrogens with zero attached hydrogens (tertiary/aromatic N) is 1. The SMILES string of the molecule is Oc1c(Br)cccc1CN1CCCCC1. The molecule has 0 atom stereocenters. The fourth-order valence-corrected chi connectivity index (χ4v) is 2.45. The quantitative estimate of drug-likeness (QED) is 0.892. The lowest BCUT2D eigenvalue weighted by Crippen LogP contribution is -2.29. The first-order valence-electron chi connectivity index (χ1n) is 5.46. The molecule has 15 heavy (non-hydrogen) atoms. The van der Waals surface area contributed by atoms with Crippen LogP contribution in [0, 0.1) is 0 Å². The summed E-state index contributed by atoms with van der Waals surface area (Å²) in [6.45, 7) is 3.18. The lowest BCUT2D eigenvalue weighted by molar-refractivity contribution is 0.218. The Bertz CT molecular complexity index is 334. The largest absolute Gasteiger partial charge is 0.506 e. The Labute approximate surface area is 99.0 Å².